The zero-order valence-corrected chi connectivity index (χ0v) is 18.7. The summed E-state index contributed by atoms with van der Waals surface area (Å²) in [5.41, 5.74) is -2.43. The molecule has 0 unspecified atom stereocenters. The first-order chi connectivity index (χ1) is 15.1. The lowest BCUT2D eigenvalue weighted by molar-refractivity contribution is -0.297. The normalized spacial score (nSPS) is 20.9. The zero-order valence-electron chi connectivity index (χ0n) is 18.7. The third-order valence-electron chi connectivity index (χ3n) is 5.11. The van der Waals surface area contributed by atoms with Crippen LogP contribution in [0.25, 0.3) is 0 Å². The quantitative estimate of drug-likeness (QED) is 0.142. The van der Waals surface area contributed by atoms with Crippen LogP contribution in [0.5, 0.6) is 0 Å². The molecule has 0 heterocycles. The van der Waals surface area contributed by atoms with E-state index in [1.807, 2.05) is 0 Å². The van der Waals surface area contributed by atoms with E-state index in [0.29, 0.717) is 0 Å². The molecule has 0 bridgehead atoms. The molecule has 1 saturated carbocycles. The van der Waals surface area contributed by atoms with Crippen LogP contribution in [-0.2, 0) is 23.7 Å². The van der Waals surface area contributed by atoms with Crippen molar-refractivity contribution < 1.29 is 46.1 Å². The number of Topliss-reactive ketones (excluding diaryl/α,β-unsaturated/α-hetero) is 3. The number of halogens is 4. The molecule has 0 saturated heterocycles. The van der Waals surface area contributed by atoms with E-state index in [0.717, 1.165) is 18.2 Å². The Kier molecular flexibility index (Phi) is 8.03. The molecule has 1 fully saturated rings. The summed E-state index contributed by atoms with van der Waals surface area (Å²) in [6.45, 7) is 6.68. The Hall–Kier alpha value is -2.78. The number of carbonyl (C=O) groups excluding carboxylic acids is 3. The van der Waals surface area contributed by atoms with E-state index in [-0.39, 0.29) is 25.7 Å². The van der Waals surface area contributed by atoms with Crippen molar-refractivity contribution >= 4 is 32.3 Å². The van der Waals surface area contributed by atoms with Gasteiger partial charge in [0.15, 0.2) is 17.3 Å². The lowest BCUT2D eigenvalue weighted by Gasteiger charge is -2.33. The van der Waals surface area contributed by atoms with Crippen molar-refractivity contribution in [3.8, 4) is 0 Å². The molecule has 0 amide bonds. The number of hydrogen-bond acceptors (Lipinski definition) is 6. The number of rotatable bonds is 7. The van der Waals surface area contributed by atoms with Gasteiger partial charge in [0.05, 0.1) is 5.76 Å². The molecule has 178 valence electrons. The van der Waals surface area contributed by atoms with E-state index in [1.54, 1.807) is 27.7 Å². The van der Waals surface area contributed by atoms with E-state index >= 15 is 0 Å². The highest BCUT2D eigenvalue weighted by Crippen LogP contribution is 2.39. The van der Waals surface area contributed by atoms with Gasteiger partial charge >= 0.3 is 14.9 Å². The average Bonchev–Trinajstić information content (AvgIpc) is 2.56. The first-order valence-corrected chi connectivity index (χ1v) is 10.1. The van der Waals surface area contributed by atoms with E-state index in [1.165, 1.54) is 0 Å². The lowest BCUT2D eigenvalue weighted by Crippen LogP contribution is -2.32. The maximum atomic E-state index is 12.9. The van der Waals surface area contributed by atoms with Gasteiger partial charge in [-0.1, -0.05) is 45.6 Å². The van der Waals surface area contributed by atoms with Gasteiger partial charge in [0.2, 0.25) is 0 Å². The van der Waals surface area contributed by atoms with Crippen molar-refractivity contribution in [3.05, 3.63) is 46.7 Å². The molecule has 0 radical (unpaired) electrons. The van der Waals surface area contributed by atoms with Crippen LogP contribution in [0.1, 0.15) is 53.4 Å². The highest BCUT2D eigenvalue weighted by atomic mass is 19.2. The molecule has 0 N–H and O–H groups in total. The fourth-order valence-electron chi connectivity index (χ4n) is 3.87. The topological polar surface area (TPSA) is 92.7 Å². The molecule has 2 aliphatic carbocycles. The van der Waals surface area contributed by atoms with E-state index in [2.05, 4.69) is 9.31 Å². The van der Waals surface area contributed by atoms with Crippen LogP contribution < -0.4 is 5.11 Å². The van der Waals surface area contributed by atoms with Crippen molar-refractivity contribution in [1.29, 1.82) is 0 Å². The van der Waals surface area contributed by atoms with Crippen LogP contribution in [-0.4, -0.2) is 32.3 Å². The van der Waals surface area contributed by atoms with Crippen molar-refractivity contribution in [1.82, 2.24) is 0 Å². The molecule has 0 aromatic rings. The average molecular weight is 469 g/mol. The third-order valence-corrected chi connectivity index (χ3v) is 5.11. The van der Waals surface area contributed by atoms with Gasteiger partial charge in [0.1, 0.15) is 11.3 Å². The van der Waals surface area contributed by atoms with Crippen LogP contribution in [0.2, 0.25) is 0 Å². The largest absolute Gasteiger partial charge is 0.872 e. The molecule has 0 aromatic heterocycles. The van der Waals surface area contributed by atoms with Gasteiger partial charge in [-0.05, 0) is 16.9 Å². The molecule has 0 spiro atoms. The second kappa shape index (κ2) is 10.0. The molecular weight excluding hydrogens is 446 g/mol. The Labute approximate surface area is 189 Å². The Morgan fingerprint density at radius 1 is 0.879 bits per heavy atom. The van der Waals surface area contributed by atoms with Crippen LogP contribution in [0.3, 0.4) is 0 Å². The summed E-state index contributed by atoms with van der Waals surface area (Å²) in [6, 6.07) is 0. The molecule has 0 aromatic carbocycles. The maximum Gasteiger partial charge on any atom is 0.796 e. The van der Waals surface area contributed by atoms with E-state index in [4.69, 9.17) is 0 Å². The third kappa shape index (κ3) is 7.10. The van der Waals surface area contributed by atoms with Crippen LogP contribution in [0.15, 0.2) is 46.7 Å². The Morgan fingerprint density at radius 2 is 1.39 bits per heavy atom. The number of ketones is 3. The molecule has 0 atom stereocenters. The minimum atomic E-state index is -3.35. The second-order valence-corrected chi connectivity index (χ2v) is 9.49. The monoisotopic (exact) mass is 469 g/mol. The summed E-state index contributed by atoms with van der Waals surface area (Å²) >= 11 is 0. The van der Waals surface area contributed by atoms with Gasteiger partial charge in [0, 0.05) is 31.3 Å². The Morgan fingerprint density at radius 3 is 1.91 bits per heavy atom. The minimum absolute atomic E-state index is 0.0633. The number of hydrogen-bond donors (Lipinski definition) is 0. The molecular formula is C21H23B2F4O6-. The van der Waals surface area contributed by atoms with Gasteiger partial charge in [-0.2, -0.15) is 0 Å². The smallest absolute Gasteiger partial charge is 0.796 e. The summed E-state index contributed by atoms with van der Waals surface area (Å²) in [4.78, 5) is 37.2. The molecule has 0 aliphatic heterocycles. The van der Waals surface area contributed by atoms with E-state index < -0.39 is 71.5 Å². The first kappa shape index (κ1) is 26.5. The summed E-state index contributed by atoms with van der Waals surface area (Å²) < 4.78 is 60.1. The Bertz CT molecular complexity index is 942. The first-order valence-electron chi connectivity index (χ1n) is 10.1. The SMILES string of the molecule is CC1(C)CC(=O)C(=C(C=CC=C([O-])C2=C(OB(F)F)CC(C)(C)CC2=O)OB(F)F)C(=O)C1. The number of carbonyl (C=O) groups is 3. The lowest BCUT2D eigenvalue weighted by atomic mass is 9.73. The molecule has 2 aliphatic rings. The van der Waals surface area contributed by atoms with Crippen molar-refractivity contribution in [2.75, 3.05) is 0 Å². The van der Waals surface area contributed by atoms with Crippen LogP contribution >= 0.6 is 0 Å². The summed E-state index contributed by atoms with van der Waals surface area (Å²) in [5.74, 6) is -4.20. The van der Waals surface area contributed by atoms with Crippen molar-refractivity contribution in [2.24, 2.45) is 10.8 Å². The minimum Gasteiger partial charge on any atom is -0.872 e. The van der Waals surface area contributed by atoms with Gasteiger partial charge in [0.25, 0.3) is 0 Å². The van der Waals surface area contributed by atoms with Crippen molar-refractivity contribution in [3.63, 3.8) is 0 Å². The molecule has 6 nitrogen and oxygen atoms in total. The van der Waals surface area contributed by atoms with Crippen LogP contribution in [0, 0.1) is 10.8 Å². The standard InChI is InChI=1S/C21H24B2F4O6/c1-20(2)8-14(30)19(15(31)9-20)16(32-22(24)25)7-5-6-12(28)18-13(29)10-21(3,4)11-17(18)33-23(26)27/h5-7,28H,8-11H2,1-4H3/p-1. The predicted octanol–water partition coefficient (Wildman–Crippen LogP) is 3.52. The Balaban J connectivity index is 2.44. The fraction of sp³-hybridized carbons (Fsp3) is 0.476. The highest BCUT2D eigenvalue weighted by Gasteiger charge is 2.39. The summed E-state index contributed by atoms with van der Waals surface area (Å²) in [7, 11) is -6.59. The molecule has 33 heavy (non-hydrogen) atoms. The number of allylic oxidation sites excluding steroid dienone is 6. The van der Waals surface area contributed by atoms with E-state index in [9.17, 15) is 36.8 Å². The molecule has 12 heteroatoms. The second-order valence-electron chi connectivity index (χ2n) is 9.49. The predicted molar refractivity (Wildman–Crippen MR) is 110 cm³/mol. The highest BCUT2D eigenvalue weighted by molar-refractivity contribution is 6.35. The van der Waals surface area contributed by atoms with Crippen molar-refractivity contribution in [2.45, 2.75) is 53.4 Å². The van der Waals surface area contributed by atoms with Gasteiger partial charge < -0.3 is 14.4 Å². The van der Waals surface area contributed by atoms with Gasteiger partial charge in [-0.25, -0.2) is 17.3 Å². The van der Waals surface area contributed by atoms with Gasteiger partial charge in [-0.15, -0.1) is 0 Å². The summed E-state index contributed by atoms with van der Waals surface area (Å²) in [5, 5.41) is 12.6. The fourth-order valence-corrected chi connectivity index (χ4v) is 3.87. The van der Waals surface area contributed by atoms with Gasteiger partial charge in [-0.3, -0.25) is 14.4 Å². The molecule has 2 rings (SSSR count). The maximum absolute atomic E-state index is 12.9. The van der Waals surface area contributed by atoms with Crippen LogP contribution in [0.4, 0.5) is 17.3 Å². The summed E-state index contributed by atoms with van der Waals surface area (Å²) in [6.07, 6.45) is 2.23. The zero-order chi connectivity index (χ0) is 25.1.